The maximum Gasteiger partial charge on any atom is 0.298 e. The smallest absolute Gasteiger partial charge is 0.254 e. The zero-order valence-corrected chi connectivity index (χ0v) is 16.5. The van der Waals surface area contributed by atoms with E-state index in [0.29, 0.717) is 16.7 Å². The molecule has 158 valence electrons. The number of hydrogen-bond donors (Lipinski definition) is 0. The highest BCUT2D eigenvalue weighted by Gasteiger charge is 2.45. The fourth-order valence-electron chi connectivity index (χ4n) is 3.23. The van der Waals surface area contributed by atoms with Crippen molar-refractivity contribution in [1.29, 1.82) is 0 Å². The van der Waals surface area contributed by atoms with Gasteiger partial charge < -0.3 is 0 Å². The lowest BCUT2D eigenvalue weighted by Gasteiger charge is -2.27. The maximum atomic E-state index is 15.5. The zero-order chi connectivity index (χ0) is 22.0. The Morgan fingerprint density at radius 1 is 0.968 bits per heavy atom. The largest absolute Gasteiger partial charge is 0.298 e. The summed E-state index contributed by atoms with van der Waals surface area (Å²) in [6.45, 7) is -0.441. The summed E-state index contributed by atoms with van der Waals surface area (Å²) < 4.78 is 59.9. The summed E-state index contributed by atoms with van der Waals surface area (Å²) >= 11 is 5.87. The van der Waals surface area contributed by atoms with Gasteiger partial charge in [-0.15, -0.1) is 5.10 Å². The Morgan fingerprint density at radius 2 is 1.71 bits per heavy atom. The van der Waals surface area contributed by atoms with Crippen LogP contribution in [0.2, 0.25) is 5.02 Å². The molecule has 0 radical (unpaired) electrons. The number of rotatable bonds is 6. The van der Waals surface area contributed by atoms with Gasteiger partial charge in [-0.1, -0.05) is 35.9 Å². The highest BCUT2D eigenvalue weighted by molar-refractivity contribution is 6.30. The molecule has 31 heavy (non-hydrogen) atoms. The van der Waals surface area contributed by atoms with E-state index in [-0.39, 0.29) is 5.56 Å². The van der Waals surface area contributed by atoms with Crippen molar-refractivity contribution in [3.63, 3.8) is 0 Å². The number of tetrazole rings is 1. The molecule has 2 aromatic carbocycles. The summed E-state index contributed by atoms with van der Waals surface area (Å²) in [5.74, 6) is -7.29. The van der Waals surface area contributed by atoms with Crippen molar-refractivity contribution in [2.24, 2.45) is 0 Å². The number of aromatic nitrogens is 5. The number of pyridine rings is 1. The number of halogens is 5. The molecular weight excluding hydrogens is 434 g/mol. The van der Waals surface area contributed by atoms with Crippen LogP contribution in [-0.4, -0.2) is 25.2 Å². The molecular formula is C21H14ClF4N5. The van der Waals surface area contributed by atoms with Crippen LogP contribution >= 0.6 is 11.6 Å². The van der Waals surface area contributed by atoms with Gasteiger partial charge >= 0.3 is 0 Å². The molecule has 1 atom stereocenters. The fourth-order valence-corrected chi connectivity index (χ4v) is 3.35. The zero-order valence-electron chi connectivity index (χ0n) is 15.8. The molecule has 0 saturated heterocycles. The lowest BCUT2D eigenvalue weighted by Crippen LogP contribution is -2.30. The van der Waals surface area contributed by atoms with Gasteiger partial charge in [-0.2, -0.15) is 8.78 Å². The third-order valence-electron chi connectivity index (χ3n) is 4.82. The molecule has 2 heterocycles. The van der Waals surface area contributed by atoms with E-state index in [1.165, 1.54) is 18.3 Å². The monoisotopic (exact) mass is 447 g/mol. The molecule has 0 N–H and O–H groups in total. The van der Waals surface area contributed by atoms with Crippen molar-refractivity contribution in [3.8, 4) is 11.1 Å². The Balaban J connectivity index is 1.71. The van der Waals surface area contributed by atoms with E-state index in [9.17, 15) is 8.78 Å². The van der Waals surface area contributed by atoms with Crippen LogP contribution in [0.1, 0.15) is 17.2 Å². The van der Waals surface area contributed by atoms with E-state index in [1.54, 1.807) is 24.3 Å². The first-order valence-electron chi connectivity index (χ1n) is 9.10. The molecule has 1 unspecified atom stereocenters. The van der Waals surface area contributed by atoms with Gasteiger partial charge in [0.2, 0.25) is 0 Å². The molecule has 5 nitrogen and oxygen atoms in total. The summed E-state index contributed by atoms with van der Waals surface area (Å²) in [6.07, 6.45) is 2.45. The van der Waals surface area contributed by atoms with Gasteiger partial charge in [-0.3, -0.25) is 4.98 Å². The summed E-state index contributed by atoms with van der Waals surface area (Å²) in [5, 5.41) is 11.0. The van der Waals surface area contributed by atoms with Gasteiger partial charge in [0, 0.05) is 22.8 Å². The Bertz CT molecular complexity index is 1170. The van der Waals surface area contributed by atoms with Crippen molar-refractivity contribution in [2.75, 3.05) is 0 Å². The van der Waals surface area contributed by atoms with Crippen molar-refractivity contribution >= 4 is 11.6 Å². The topological polar surface area (TPSA) is 56.5 Å². The van der Waals surface area contributed by atoms with Gasteiger partial charge in [0.25, 0.3) is 5.92 Å². The lowest BCUT2D eigenvalue weighted by atomic mass is 9.89. The van der Waals surface area contributed by atoms with E-state index >= 15 is 8.78 Å². The predicted molar refractivity (Wildman–Crippen MR) is 105 cm³/mol. The normalized spacial score (nSPS) is 12.7. The minimum absolute atomic E-state index is 0.370. The van der Waals surface area contributed by atoms with Crippen LogP contribution in [0.15, 0.2) is 67.1 Å². The molecule has 0 aliphatic heterocycles. The van der Waals surface area contributed by atoms with Crippen molar-refractivity contribution in [1.82, 2.24) is 25.2 Å². The number of alkyl halides is 2. The first-order valence-corrected chi connectivity index (χ1v) is 9.48. The molecule has 0 fully saturated rings. The molecule has 10 heteroatoms. The molecule has 0 aliphatic carbocycles. The van der Waals surface area contributed by atoms with Crippen molar-refractivity contribution in [2.45, 2.75) is 18.4 Å². The fraction of sp³-hybridized carbons (Fsp3) is 0.143. The Hall–Kier alpha value is -3.33. The first-order chi connectivity index (χ1) is 14.8. The molecule has 0 spiro atoms. The van der Waals surface area contributed by atoms with Crippen LogP contribution in [0.25, 0.3) is 11.1 Å². The number of benzene rings is 2. The molecule has 2 aromatic heterocycles. The van der Waals surface area contributed by atoms with Gasteiger partial charge in [-0.25, -0.2) is 13.5 Å². The van der Waals surface area contributed by atoms with Crippen molar-refractivity contribution < 1.29 is 17.6 Å². The molecule has 0 saturated carbocycles. The molecule has 0 bridgehead atoms. The van der Waals surface area contributed by atoms with Gasteiger partial charge in [-0.05, 0) is 45.8 Å². The first kappa shape index (κ1) is 20.9. The van der Waals surface area contributed by atoms with E-state index < -0.39 is 35.7 Å². The van der Waals surface area contributed by atoms with Crippen LogP contribution in [0, 0.1) is 11.6 Å². The van der Waals surface area contributed by atoms with Crippen LogP contribution in [-0.2, 0) is 12.5 Å². The summed E-state index contributed by atoms with van der Waals surface area (Å²) in [5.41, 5.74) is 0.431. The summed E-state index contributed by atoms with van der Waals surface area (Å²) in [7, 11) is 0. The van der Waals surface area contributed by atoms with Crippen LogP contribution in [0.3, 0.4) is 0 Å². The van der Waals surface area contributed by atoms with Gasteiger partial charge in [0.15, 0.2) is 0 Å². The Labute approximate surface area is 179 Å². The van der Waals surface area contributed by atoms with Crippen LogP contribution in [0.4, 0.5) is 17.6 Å². The van der Waals surface area contributed by atoms with Crippen LogP contribution < -0.4 is 0 Å². The second-order valence-electron chi connectivity index (χ2n) is 6.81. The second-order valence-corrected chi connectivity index (χ2v) is 7.25. The van der Waals surface area contributed by atoms with Gasteiger partial charge in [0.05, 0.1) is 12.5 Å². The standard InChI is InChI=1S/C21H14ClF4N5/c22-15-4-1-13(2-5-15)14-3-8-20(27-10-14)21(25,26)18(11-31-12-28-29-30-31)17-7-6-16(23)9-19(17)24/h1-10,12,18H,11H2. The number of nitrogens with zero attached hydrogens (tertiary/aromatic N) is 5. The van der Waals surface area contributed by atoms with Crippen molar-refractivity contribution in [3.05, 3.63) is 95.0 Å². The molecule has 0 aliphatic rings. The second kappa shape index (κ2) is 8.43. The number of hydrogen-bond acceptors (Lipinski definition) is 4. The molecule has 4 aromatic rings. The predicted octanol–water partition coefficient (Wildman–Crippen LogP) is 5.24. The average Bonchev–Trinajstić information content (AvgIpc) is 3.26. The van der Waals surface area contributed by atoms with E-state index in [1.807, 2.05) is 0 Å². The SMILES string of the molecule is Fc1ccc(C(Cn2cnnn2)C(F)(F)c2ccc(-c3ccc(Cl)cc3)cn2)c(F)c1. The lowest BCUT2D eigenvalue weighted by molar-refractivity contribution is -0.0455. The van der Waals surface area contributed by atoms with E-state index in [0.717, 1.165) is 28.7 Å². The summed E-state index contributed by atoms with van der Waals surface area (Å²) in [6, 6.07) is 12.0. The van der Waals surface area contributed by atoms with Gasteiger partial charge in [0.1, 0.15) is 23.7 Å². The molecule has 0 amide bonds. The molecule has 4 rings (SSSR count). The van der Waals surface area contributed by atoms with E-state index in [4.69, 9.17) is 11.6 Å². The Morgan fingerprint density at radius 3 is 2.32 bits per heavy atom. The third kappa shape index (κ3) is 4.41. The minimum atomic E-state index is -3.61. The third-order valence-corrected chi connectivity index (χ3v) is 5.07. The average molecular weight is 448 g/mol. The Kier molecular flexibility index (Phi) is 5.69. The maximum absolute atomic E-state index is 15.5. The quantitative estimate of drug-likeness (QED) is 0.379. The van der Waals surface area contributed by atoms with Crippen LogP contribution in [0.5, 0.6) is 0 Å². The minimum Gasteiger partial charge on any atom is -0.254 e. The van der Waals surface area contributed by atoms with E-state index in [2.05, 4.69) is 20.5 Å². The summed E-state index contributed by atoms with van der Waals surface area (Å²) in [4.78, 5) is 3.93. The highest BCUT2D eigenvalue weighted by Crippen LogP contribution is 2.43. The highest BCUT2D eigenvalue weighted by atomic mass is 35.5.